The molecule has 0 amide bonds. The second kappa shape index (κ2) is 7.80. The Morgan fingerprint density at radius 1 is 1.15 bits per heavy atom. The van der Waals surface area contributed by atoms with Gasteiger partial charge in [0, 0.05) is 0 Å². The van der Waals surface area contributed by atoms with E-state index >= 15 is 0 Å². The van der Waals surface area contributed by atoms with Crippen LogP contribution in [0.2, 0.25) is 0 Å². The Kier molecular flexibility index (Phi) is 5.74. The summed E-state index contributed by atoms with van der Waals surface area (Å²) in [4.78, 5) is 0. The van der Waals surface area contributed by atoms with Gasteiger partial charge in [0.25, 0.3) is 0 Å². The normalized spacial score (nSPS) is 12.5. The Labute approximate surface area is 121 Å². The number of para-hydroxylation sites is 1. The summed E-state index contributed by atoms with van der Waals surface area (Å²) in [5, 5.41) is 12.0. The zero-order chi connectivity index (χ0) is 14.2. The highest BCUT2D eigenvalue weighted by Gasteiger charge is 2.16. The number of aromatic nitrogens is 3. The third kappa shape index (κ3) is 3.67. The van der Waals surface area contributed by atoms with Crippen LogP contribution in [0.5, 0.6) is 0 Å². The molecule has 4 nitrogen and oxygen atoms in total. The topological polar surface area (TPSA) is 42.7 Å². The maximum atomic E-state index is 4.25. The molecule has 1 atom stereocenters. The van der Waals surface area contributed by atoms with Gasteiger partial charge in [-0.15, -0.1) is 5.10 Å². The molecule has 1 N–H and O–H groups in total. The molecule has 1 aromatic heterocycles. The Morgan fingerprint density at radius 2 is 1.95 bits per heavy atom. The molecule has 1 aromatic carbocycles. The maximum Gasteiger partial charge on any atom is 0.0815 e. The van der Waals surface area contributed by atoms with E-state index in [0.29, 0.717) is 6.04 Å². The van der Waals surface area contributed by atoms with Gasteiger partial charge in [-0.2, -0.15) is 0 Å². The summed E-state index contributed by atoms with van der Waals surface area (Å²) in [5.74, 6) is 0. The van der Waals surface area contributed by atoms with Crippen LogP contribution in [0.3, 0.4) is 0 Å². The summed E-state index contributed by atoms with van der Waals surface area (Å²) in [6.45, 7) is 5.44. The first-order valence-electron chi connectivity index (χ1n) is 7.56. The maximum absolute atomic E-state index is 4.25. The smallest absolute Gasteiger partial charge is 0.0815 e. The number of nitrogens with one attached hydrogen (secondary N) is 1. The molecule has 1 heterocycles. The van der Waals surface area contributed by atoms with Crippen LogP contribution in [0.15, 0.2) is 36.5 Å². The highest BCUT2D eigenvalue weighted by atomic mass is 15.4. The predicted molar refractivity (Wildman–Crippen MR) is 81.9 cm³/mol. The van der Waals surface area contributed by atoms with E-state index < -0.39 is 0 Å². The van der Waals surface area contributed by atoms with Gasteiger partial charge in [0.2, 0.25) is 0 Å². The molecule has 0 fully saturated rings. The van der Waals surface area contributed by atoms with Gasteiger partial charge in [-0.25, -0.2) is 4.68 Å². The van der Waals surface area contributed by atoms with E-state index in [4.69, 9.17) is 0 Å². The highest BCUT2D eigenvalue weighted by molar-refractivity contribution is 5.32. The zero-order valence-electron chi connectivity index (χ0n) is 12.4. The van der Waals surface area contributed by atoms with E-state index in [1.807, 2.05) is 29.1 Å². The first kappa shape index (κ1) is 14.7. The van der Waals surface area contributed by atoms with Crippen molar-refractivity contribution in [2.75, 3.05) is 6.54 Å². The summed E-state index contributed by atoms with van der Waals surface area (Å²) < 4.78 is 1.95. The van der Waals surface area contributed by atoms with Crippen molar-refractivity contribution in [2.45, 2.75) is 45.6 Å². The number of benzene rings is 1. The van der Waals surface area contributed by atoms with Crippen LogP contribution in [0.4, 0.5) is 0 Å². The van der Waals surface area contributed by atoms with E-state index in [-0.39, 0.29) is 0 Å². The predicted octanol–water partition coefficient (Wildman–Crippen LogP) is 3.50. The van der Waals surface area contributed by atoms with Gasteiger partial charge in [0.15, 0.2) is 0 Å². The lowest BCUT2D eigenvalue weighted by molar-refractivity contribution is 0.462. The molecule has 0 spiro atoms. The van der Waals surface area contributed by atoms with Gasteiger partial charge in [-0.05, 0) is 31.5 Å². The van der Waals surface area contributed by atoms with Crippen LogP contribution in [-0.4, -0.2) is 21.5 Å². The van der Waals surface area contributed by atoms with Crippen molar-refractivity contribution in [3.63, 3.8) is 0 Å². The number of unbranched alkanes of at least 4 members (excludes halogenated alkanes) is 1. The molecular formula is C16H24N4. The highest BCUT2D eigenvalue weighted by Crippen LogP contribution is 2.21. The van der Waals surface area contributed by atoms with Crippen molar-refractivity contribution < 1.29 is 0 Å². The molecule has 2 rings (SSSR count). The first-order chi connectivity index (χ1) is 9.86. The van der Waals surface area contributed by atoms with Gasteiger partial charge < -0.3 is 5.32 Å². The average molecular weight is 272 g/mol. The fourth-order valence-electron chi connectivity index (χ4n) is 2.33. The van der Waals surface area contributed by atoms with E-state index in [2.05, 4.69) is 41.6 Å². The molecule has 0 bridgehead atoms. The lowest BCUT2D eigenvalue weighted by Crippen LogP contribution is -2.24. The van der Waals surface area contributed by atoms with Crippen molar-refractivity contribution in [1.29, 1.82) is 0 Å². The summed E-state index contributed by atoms with van der Waals surface area (Å²) >= 11 is 0. The summed E-state index contributed by atoms with van der Waals surface area (Å²) in [5.41, 5.74) is 2.22. The van der Waals surface area contributed by atoms with Gasteiger partial charge in [0.1, 0.15) is 0 Å². The van der Waals surface area contributed by atoms with Crippen molar-refractivity contribution in [2.24, 2.45) is 0 Å². The standard InChI is InChI=1S/C16H24N4/c1-3-5-11-15(17-12-4-2)16-13-18-19-20(16)14-9-7-6-8-10-14/h6-10,13,15,17H,3-5,11-12H2,1-2H3. The van der Waals surface area contributed by atoms with Crippen molar-refractivity contribution in [3.05, 3.63) is 42.2 Å². The van der Waals surface area contributed by atoms with Crippen LogP contribution in [0.1, 0.15) is 51.3 Å². The molecule has 0 radical (unpaired) electrons. The molecule has 0 saturated heterocycles. The molecule has 20 heavy (non-hydrogen) atoms. The number of hydrogen-bond acceptors (Lipinski definition) is 3. The van der Waals surface area contributed by atoms with Gasteiger partial charge in [-0.1, -0.05) is 50.1 Å². The summed E-state index contributed by atoms with van der Waals surface area (Å²) in [6.07, 6.45) is 6.56. The molecular weight excluding hydrogens is 248 g/mol. The molecule has 0 aliphatic heterocycles. The molecule has 4 heteroatoms. The lowest BCUT2D eigenvalue weighted by Gasteiger charge is -2.19. The van der Waals surface area contributed by atoms with E-state index in [0.717, 1.165) is 30.8 Å². The third-order valence-electron chi connectivity index (χ3n) is 3.42. The van der Waals surface area contributed by atoms with Gasteiger partial charge in [-0.3, -0.25) is 0 Å². The Bertz CT molecular complexity index is 484. The van der Waals surface area contributed by atoms with Crippen LogP contribution >= 0.6 is 0 Å². The monoisotopic (exact) mass is 272 g/mol. The Morgan fingerprint density at radius 3 is 2.65 bits per heavy atom. The van der Waals surface area contributed by atoms with Gasteiger partial charge in [0.05, 0.1) is 23.6 Å². The Balaban J connectivity index is 2.22. The second-order valence-electron chi connectivity index (χ2n) is 5.06. The number of nitrogens with zero attached hydrogens (tertiary/aromatic N) is 3. The lowest BCUT2D eigenvalue weighted by atomic mass is 10.1. The third-order valence-corrected chi connectivity index (χ3v) is 3.42. The van der Waals surface area contributed by atoms with Crippen molar-refractivity contribution >= 4 is 0 Å². The number of rotatable bonds is 8. The first-order valence-corrected chi connectivity index (χ1v) is 7.56. The van der Waals surface area contributed by atoms with Crippen molar-refractivity contribution in [1.82, 2.24) is 20.3 Å². The van der Waals surface area contributed by atoms with E-state index in [1.54, 1.807) is 0 Å². The van der Waals surface area contributed by atoms with Crippen molar-refractivity contribution in [3.8, 4) is 5.69 Å². The average Bonchev–Trinajstić information content (AvgIpc) is 2.98. The molecule has 2 aromatic rings. The SMILES string of the molecule is CCCCC(NCCC)c1cnnn1-c1ccccc1. The molecule has 0 saturated carbocycles. The minimum Gasteiger partial charge on any atom is -0.309 e. The zero-order valence-corrected chi connectivity index (χ0v) is 12.4. The van der Waals surface area contributed by atoms with Crippen LogP contribution < -0.4 is 5.32 Å². The minimum atomic E-state index is 0.324. The molecule has 0 aliphatic rings. The van der Waals surface area contributed by atoms with Crippen LogP contribution in [-0.2, 0) is 0 Å². The Hall–Kier alpha value is -1.68. The van der Waals surface area contributed by atoms with Crippen LogP contribution in [0.25, 0.3) is 5.69 Å². The van der Waals surface area contributed by atoms with E-state index in [9.17, 15) is 0 Å². The summed E-state index contributed by atoms with van der Waals surface area (Å²) in [7, 11) is 0. The fraction of sp³-hybridized carbons (Fsp3) is 0.500. The molecule has 0 aliphatic carbocycles. The van der Waals surface area contributed by atoms with Crippen LogP contribution in [0, 0.1) is 0 Å². The molecule has 108 valence electrons. The fourth-order valence-corrected chi connectivity index (χ4v) is 2.33. The molecule has 1 unspecified atom stereocenters. The summed E-state index contributed by atoms with van der Waals surface area (Å²) in [6, 6.07) is 10.5. The largest absolute Gasteiger partial charge is 0.309 e. The minimum absolute atomic E-state index is 0.324. The number of hydrogen-bond donors (Lipinski definition) is 1. The quantitative estimate of drug-likeness (QED) is 0.799. The van der Waals surface area contributed by atoms with E-state index in [1.165, 1.54) is 12.8 Å². The second-order valence-corrected chi connectivity index (χ2v) is 5.06. The van der Waals surface area contributed by atoms with Gasteiger partial charge >= 0.3 is 0 Å².